The molecule has 6 nitrogen and oxygen atoms in total. The summed E-state index contributed by atoms with van der Waals surface area (Å²) in [6, 6.07) is 20.9. The molecule has 0 radical (unpaired) electrons. The van der Waals surface area contributed by atoms with Crippen LogP contribution < -0.4 is 15.0 Å². The molecule has 1 saturated heterocycles. The zero-order valence-electron chi connectivity index (χ0n) is 19.6. The van der Waals surface area contributed by atoms with E-state index in [0.29, 0.717) is 35.1 Å². The predicted octanol–water partition coefficient (Wildman–Crippen LogP) is 5.37. The molecule has 3 aromatic carbocycles. The number of nitrogens with zero attached hydrogens (tertiary/aromatic N) is 2. The number of nitrogens with one attached hydrogen (secondary N) is 1. The summed E-state index contributed by atoms with van der Waals surface area (Å²) in [5.41, 5.74) is 4.21. The minimum atomic E-state index is -0.363. The summed E-state index contributed by atoms with van der Waals surface area (Å²) in [5.74, 6) is 0.261. The molecule has 1 unspecified atom stereocenters. The minimum Gasteiger partial charge on any atom is -0.449 e. The van der Waals surface area contributed by atoms with Gasteiger partial charge in [0.25, 0.3) is 11.8 Å². The van der Waals surface area contributed by atoms with Crippen LogP contribution in [0.1, 0.15) is 28.4 Å². The molecule has 0 bridgehead atoms. The van der Waals surface area contributed by atoms with Crippen LogP contribution in [0.3, 0.4) is 0 Å². The minimum absolute atomic E-state index is 0.0553. The Labute approximate surface area is 209 Å². The van der Waals surface area contributed by atoms with Crippen LogP contribution >= 0.6 is 11.6 Å². The van der Waals surface area contributed by atoms with E-state index in [1.165, 1.54) is 11.3 Å². The maximum absolute atomic E-state index is 13.3. The van der Waals surface area contributed by atoms with Gasteiger partial charge in [-0.25, -0.2) is 0 Å². The summed E-state index contributed by atoms with van der Waals surface area (Å²) in [5, 5.41) is 3.47. The van der Waals surface area contributed by atoms with Crippen LogP contribution in [-0.4, -0.2) is 42.4 Å². The molecule has 7 heteroatoms. The van der Waals surface area contributed by atoms with Crippen LogP contribution in [-0.2, 0) is 4.79 Å². The average molecular weight is 488 g/mol. The summed E-state index contributed by atoms with van der Waals surface area (Å²) in [4.78, 5) is 30.1. The summed E-state index contributed by atoms with van der Waals surface area (Å²) < 4.78 is 5.83. The number of rotatable bonds is 3. The number of ether oxygens (including phenoxy) is 1. The molecular weight excluding hydrogens is 462 g/mol. The fourth-order valence-electron chi connectivity index (χ4n) is 4.52. The largest absolute Gasteiger partial charge is 0.449 e. The number of carbonyl (C=O) groups excluding carboxylic acids is 2. The fraction of sp³-hybridized carbons (Fsp3) is 0.214. The van der Waals surface area contributed by atoms with E-state index in [-0.39, 0.29) is 23.6 Å². The monoisotopic (exact) mass is 487 g/mol. The van der Waals surface area contributed by atoms with E-state index in [4.69, 9.17) is 16.3 Å². The van der Waals surface area contributed by atoms with Crippen molar-refractivity contribution in [3.63, 3.8) is 0 Å². The van der Waals surface area contributed by atoms with Gasteiger partial charge < -0.3 is 19.9 Å². The van der Waals surface area contributed by atoms with Gasteiger partial charge in [0.05, 0.1) is 5.69 Å². The van der Waals surface area contributed by atoms with Gasteiger partial charge in [-0.3, -0.25) is 9.59 Å². The van der Waals surface area contributed by atoms with Gasteiger partial charge in [0, 0.05) is 41.9 Å². The second-order valence-corrected chi connectivity index (χ2v) is 9.40. The number of anilines is 2. The summed E-state index contributed by atoms with van der Waals surface area (Å²) in [7, 11) is 0. The first-order valence-electron chi connectivity index (χ1n) is 11.6. The molecular formula is C28H26ClN3O3. The quantitative estimate of drug-likeness (QED) is 0.504. The van der Waals surface area contributed by atoms with Crippen LogP contribution in [0.25, 0.3) is 6.08 Å². The Morgan fingerprint density at radius 1 is 1.09 bits per heavy atom. The smallest absolute Gasteiger partial charge is 0.291 e. The Morgan fingerprint density at radius 2 is 1.89 bits per heavy atom. The van der Waals surface area contributed by atoms with E-state index in [1.54, 1.807) is 36.4 Å². The first-order chi connectivity index (χ1) is 16.9. The second-order valence-electron chi connectivity index (χ2n) is 8.96. The maximum atomic E-state index is 13.3. The number of fused-ring (bicyclic) bond motifs is 1. The Bertz CT molecular complexity index is 1320. The summed E-state index contributed by atoms with van der Waals surface area (Å²) >= 11 is 5.93. The third-order valence-electron chi connectivity index (χ3n) is 6.33. The molecule has 5 rings (SSSR count). The molecule has 1 fully saturated rings. The Balaban J connectivity index is 1.29. The Morgan fingerprint density at radius 3 is 2.63 bits per heavy atom. The van der Waals surface area contributed by atoms with Crippen molar-refractivity contribution >= 4 is 40.9 Å². The van der Waals surface area contributed by atoms with Gasteiger partial charge in [-0.1, -0.05) is 35.9 Å². The van der Waals surface area contributed by atoms with Crippen molar-refractivity contribution in [2.24, 2.45) is 0 Å². The third kappa shape index (κ3) is 4.88. The fourth-order valence-corrected chi connectivity index (χ4v) is 4.64. The molecule has 1 atom stereocenters. The molecule has 2 amide bonds. The van der Waals surface area contributed by atoms with Gasteiger partial charge >= 0.3 is 0 Å². The highest BCUT2D eigenvalue weighted by atomic mass is 35.5. The number of benzene rings is 3. The molecule has 1 N–H and O–H groups in total. The number of piperazine rings is 1. The first kappa shape index (κ1) is 23.0. The van der Waals surface area contributed by atoms with E-state index < -0.39 is 0 Å². The van der Waals surface area contributed by atoms with Crippen LogP contribution in [0.2, 0.25) is 5.02 Å². The van der Waals surface area contributed by atoms with E-state index in [1.807, 2.05) is 17.0 Å². The van der Waals surface area contributed by atoms with E-state index in [9.17, 15) is 9.59 Å². The Kier molecular flexibility index (Phi) is 6.22. The number of hydrogen-bond acceptors (Lipinski definition) is 4. The lowest BCUT2D eigenvalue weighted by molar-refractivity contribution is -0.115. The highest BCUT2D eigenvalue weighted by Crippen LogP contribution is 2.33. The molecule has 2 heterocycles. The number of amides is 2. The topological polar surface area (TPSA) is 61.9 Å². The number of carbonyl (C=O) groups is 2. The highest BCUT2D eigenvalue weighted by molar-refractivity contribution is 6.30. The standard InChI is InChI=1S/C28H26ClN3O3/c1-18-4-3-5-23(14-18)32-13-12-31(17-19(32)2)28(34)21-8-11-25-24(16-21)30-27(33)26(35-25)15-20-6-9-22(29)10-7-20/h3-11,14-16,19H,12-13,17H2,1-2H3,(H,30,33)/b26-15-. The zero-order chi connectivity index (χ0) is 24.5. The molecule has 2 aliphatic rings. The van der Waals surface area contributed by atoms with Crippen LogP contribution in [0.15, 0.2) is 72.5 Å². The normalized spacial score (nSPS) is 18.7. The highest BCUT2D eigenvalue weighted by Gasteiger charge is 2.29. The molecule has 0 saturated carbocycles. The maximum Gasteiger partial charge on any atom is 0.291 e. The second kappa shape index (κ2) is 9.47. The molecule has 0 spiro atoms. The van der Waals surface area contributed by atoms with Gasteiger partial charge in [0.15, 0.2) is 11.5 Å². The number of hydrogen-bond donors (Lipinski definition) is 1. The lowest BCUT2D eigenvalue weighted by atomic mass is 10.1. The van der Waals surface area contributed by atoms with Crippen LogP contribution in [0.5, 0.6) is 5.75 Å². The van der Waals surface area contributed by atoms with Crippen molar-refractivity contribution in [2.45, 2.75) is 19.9 Å². The summed E-state index contributed by atoms with van der Waals surface area (Å²) in [6.07, 6.45) is 1.66. The first-order valence-corrected chi connectivity index (χ1v) is 12.0. The third-order valence-corrected chi connectivity index (χ3v) is 6.59. The summed E-state index contributed by atoms with van der Waals surface area (Å²) in [6.45, 7) is 6.24. The average Bonchev–Trinajstić information content (AvgIpc) is 2.85. The van der Waals surface area contributed by atoms with Crippen LogP contribution in [0.4, 0.5) is 11.4 Å². The lowest BCUT2D eigenvalue weighted by Gasteiger charge is -2.41. The van der Waals surface area contributed by atoms with Crippen molar-refractivity contribution < 1.29 is 14.3 Å². The lowest BCUT2D eigenvalue weighted by Crippen LogP contribution is -2.53. The number of halogens is 1. The molecule has 178 valence electrons. The van der Waals surface area contributed by atoms with E-state index in [0.717, 1.165) is 12.1 Å². The van der Waals surface area contributed by atoms with Crippen molar-refractivity contribution in [1.82, 2.24) is 4.90 Å². The van der Waals surface area contributed by atoms with Crippen molar-refractivity contribution in [3.8, 4) is 5.75 Å². The number of aryl methyl sites for hydroxylation is 1. The molecule has 0 aromatic heterocycles. The van der Waals surface area contributed by atoms with Gasteiger partial charge in [-0.15, -0.1) is 0 Å². The van der Waals surface area contributed by atoms with Crippen molar-refractivity contribution in [1.29, 1.82) is 0 Å². The van der Waals surface area contributed by atoms with Crippen molar-refractivity contribution in [2.75, 3.05) is 29.9 Å². The predicted molar refractivity (Wildman–Crippen MR) is 139 cm³/mol. The van der Waals surface area contributed by atoms with Gasteiger partial charge in [0.2, 0.25) is 0 Å². The molecule has 2 aliphatic heterocycles. The molecule has 35 heavy (non-hydrogen) atoms. The zero-order valence-corrected chi connectivity index (χ0v) is 20.4. The van der Waals surface area contributed by atoms with E-state index in [2.05, 4.69) is 48.3 Å². The Hall–Kier alpha value is -3.77. The van der Waals surface area contributed by atoms with Gasteiger partial charge in [-0.05, 0) is 73.5 Å². The SMILES string of the molecule is Cc1cccc(N2CCN(C(=O)c3ccc4c(c3)NC(=O)/C(=C/c3ccc(Cl)cc3)O4)CC2C)c1. The molecule has 3 aromatic rings. The van der Waals surface area contributed by atoms with E-state index >= 15 is 0 Å². The van der Waals surface area contributed by atoms with Crippen LogP contribution in [0, 0.1) is 6.92 Å². The van der Waals surface area contributed by atoms with Gasteiger partial charge in [-0.2, -0.15) is 0 Å². The van der Waals surface area contributed by atoms with Gasteiger partial charge in [0.1, 0.15) is 0 Å². The van der Waals surface area contributed by atoms with Crippen molar-refractivity contribution in [3.05, 3.63) is 94.2 Å². The molecule has 0 aliphatic carbocycles.